The van der Waals surface area contributed by atoms with Crippen LogP contribution in [0.2, 0.25) is 5.02 Å². The third kappa shape index (κ3) is 2.08. The zero-order chi connectivity index (χ0) is 15.1. The van der Waals surface area contributed by atoms with Crippen molar-refractivity contribution in [2.45, 2.75) is 32.9 Å². The number of aromatic nitrogens is 2. The van der Waals surface area contributed by atoms with Gasteiger partial charge in [-0.1, -0.05) is 11.6 Å². The number of hydrogen-bond acceptors (Lipinski definition) is 3. The number of rotatable bonds is 2. The molecule has 0 spiro atoms. The lowest BCUT2D eigenvalue weighted by Gasteiger charge is -2.16. The number of fused-ring (bicyclic) bond motifs is 1. The van der Waals surface area contributed by atoms with E-state index in [1.807, 2.05) is 6.92 Å². The summed E-state index contributed by atoms with van der Waals surface area (Å²) >= 11 is 6.23. The summed E-state index contributed by atoms with van der Waals surface area (Å²) in [5.41, 5.74) is 1.27. The molecule has 6 heteroatoms. The third-order valence-corrected chi connectivity index (χ3v) is 4.14. The van der Waals surface area contributed by atoms with Gasteiger partial charge < -0.3 is 5.11 Å². The summed E-state index contributed by atoms with van der Waals surface area (Å²) < 4.78 is 3.07. The van der Waals surface area contributed by atoms with Gasteiger partial charge in [-0.3, -0.25) is 14.3 Å². The number of carbonyl (C=O) groups is 1. The van der Waals surface area contributed by atoms with E-state index in [1.54, 1.807) is 16.8 Å². The Morgan fingerprint density at radius 3 is 2.48 bits per heavy atom. The minimum atomic E-state index is -0.305. The molecule has 0 aliphatic carbocycles. The van der Waals surface area contributed by atoms with Gasteiger partial charge in [-0.05, 0) is 37.5 Å². The number of aromatic hydroxyl groups is 1. The number of aryl methyl sites for hydroxylation is 1. The molecule has 2 heterocycles. The molecule has 110 valence electrons. The first kappa shape index (κ1) is 13.9. The maximum Gasteiger partial charge on any atom is 0.278 e. The van der Waals surface area contributed by atoms with Crippen LogP contribution in [-0.4, -0.2) is 20.8 Å². The van der Waals surface area contributed by atoms with Crippen LogP contribution in [0.5, 0.6) is 5.88 Å². The van der Waals surface area contributed by atoms with Crippen molar-refractivity contribution in [3.05, 3.63) is 38.6 Å². The van der Waals surface area contributed by atoms with Crippen molar-refractivity contribution < 1.29 is 9.90 Å². The molecule has 0 saturated carbocycles. The van der Waals surface area contributed by atoms with Crippen molar-refractivity contribution in [3.63, 3.8) is 0 Å². The maximum absolute atomic E-state index is 12.5. The van der Waals surface area contributed by atoms with Gasteiger partial charge in [0.15, 0.2) is 6.29 Å². The lowest BCUT2D eigenvalue weighted by Crippen LogP contribution is -2.27. The van der Waals surface area contributed by atoms with Gasteiger partial charge in [-0.15, -0.1) is 0 Å². The van der Waals surface area contributed by atoms with Crippen LogP contribution < -0.4 is 5.56 Å². The van der Waals surface area contributed by atoms with E-state index in [1.165, 1.54) is 4.68 Å². The predicted molar refractivity (Wildman–Crippen MR) is 80.2 cm³/mol. The third-order valence-electron chi connectivity index (χ3n) is 3.84. The van der Waals surface area contributed by atoms with Crippen molar-refractivity contribution in [2.75, 3.05) is 0 Å². The van der Waals surface area contributed by atoms with E-state index in [0.29, 0.717) is 35.5 Å². The fourth-order valence-corrected chi connectivity index (χ4v) is 3.27. The van der Waals surface area contributed by atoms with E-state index in [4.69, 9.17) is 11.6 Å². The molecule has 5 nitrogen and oxygen atoms in total. The van der Waals surface area contributed by atoms with Crippen molar-refractivity contribution in [2.24, 2.45) is 0 Å². The minimum Gasteiger partial charge on any atom is -0.493 e. The van der Waals surface area contributed by atoms with Gasteiger partial charge in [0.05, 0.1) is 0 Å². The summed E-state index contributed by atoms with van der Waals surface area (Å²) in [5, 5.41) is 10.7. The highest BCUT2D eigenvalue weighted by molar-refractivity contribution is 6.34. The molecule has 21 heavy (non-hydrogen) atoms. The summed E-state index contributed by atoms with van der Waals surface area (Å²) in [6.07, 6.45) is 2.46. The fraction of sp³-hybridized carbons (Fsp3) is 0.333. The molecule has 1 aliphatic heterocycles. The number of hydrogen-bond donors (Lipinski definition) is 1. The lowest BCUT2D eigenvalue weighted by atomic mass is 10.00. The molecule has 0 unspecified atom stereocenters. The maximum atomic E-state index is 12.5. The first-order valence-electron chi connectivity index (χ1n) is 6.83. The van der Waals surface area contributed by atoms with E-state index in [9.17, 15) is 14.7 Å². The summed E-state index contributed by atoms with van der Waals surface area (Å²) in [6.45, 7) is 2.97. The topological polar surface area (TPSA) is 64.2 Å². The van der Waals surface area contributed by atoms with Gasteiger partial charge >= 0.3 is 0 Å². The van der Waals surface area contributed by atoms with Crippen LogP contribution in [0.25, 0.3) is 11.1 Å². The smallest absolute Gasteiger partial charge is 0.278 e. The first-order chi connectivity index (χ1) is 10.0. The van der Waals surface area contributed by atoms with Crippen LogP contribution in [0.15, 0.2) is 16.9 Å². The number of nitrogens with zero attached hydrogens (tertiary/aromatic N) is 2. The second-order valence-electron chi connectivity index (χ2n) is 5.29. The zero-order valence-electron chi connectivity index (χ0n) is 11.6. The molecule has 0 radical (unpaired) electrons. The SMILES string of the molecule is Cc1cc(Cl)c(-c2c(O)n3n(c2=O)CCCC3)c(C=O)c1. The average molecular weight is 307 g/mol. The van der Waals surface area contributed by atoms with E-state index < -0.39 is 0 Å². The molecule has 1 aromatic carbocycles. The Kier molecular flexibility index (Phi) is 3.37. The minimum absolute atomic E-state index is 0.115. The summed E-state index contributed by atoms with van der Waals surface area (Å²) in [7, 11) is 0. The van der Waals surface area contributed by atoms with Crippen LogP contribution in [0.4, 0.5) is 0 Å². The van der Waals surface area contributed by atoms with Gasteiger partial charge in [0.1, 0.15) is 5.56 Å². The standard InChI is InChI=1S/C15H15ClN2O3/c1-9-6-10(8-19)12(11(16)7-9)13-14(20)17-4-2-3-5-18(17)15(13)21/h6-8,20H,2-5H2,1H3. The molecule has 3 rings (SSSR count). The second kappa shape index (κ2) is 5.07. The van der Waals surface area contributed by atoms with E-state index in [0.717, 1.165) is 18.4 Å². The monoisotopic (exact) mass is 306 g/mol. The Morgan fingerprint density at radius 1 is 1.19 bits per heavy atom. The largest absolute Gasteiger partial charge is 0.493 e. The summed E-state index contributed by atoms with van der Waals surface area (Å²) in [5.74, 6) is -0.117. The highest BCUT2D eigenvalue weighted by atomic mass is 35.5. The lowest BCUT2D eigenvalue weighted by molar-refractivity contribution is 0.112. The van der Waals surface area contributed by atoms with Crippen LogP contribution in [0.3, 0.4) is 0 Å². The number of carbonyl (C=O) groups excluding carboxylic acids is 1. The molecule has 1 aromatic heterocycles. The molecule has 2 aromatic rings. The number of halogens is 1. The highest BCUT2D eigenvalue weighted by Gasteiger charge is 2.26. The van der Waals surface area contributed by atoms with Crippen molar-refractivity contribution in [1.82, 2.24) is 9.36 Å². The zero-order valence-corrected chi connectivity index (χ0v) is 12.4. The highest BCUT2D eigenvalue weighted by Crippen LogP contribution is 2.36. The number of aldehydes is 1. The van der Waals surface area contributed by atoms with E-state index >= 15 is 0 Å². The normalized spacial score (nSPS) is 14.0. The van der Waals surface area contributed by atoms with E-state index in [2.05, 4.69) is 0 Å². The Labute approximate surface area is 126 Å². The van der Waals surface area contributed by atoms with Crippen molar-refractivity contribution in [1.29, 1.82) is 0 Å². The van der Waals surface area contributed by atoms with Gasteiger partial charge in [-0.2, -0.15) is 0 Å². The molecular formula is C15H15ClN2O3. The molecule has 0 saturated heterocycles. The van der Waals surface area contributed by atoms with Gasteiger partial charge in [0, 0.05) is 29.2 Å². The van der Waals surface area contributed by atoms with Gasteiger partial charge in [0.2, 0.25) is 5.88 Å². The van der Waals surface area contributed by atoms with Crippen LogP contribution in [0.1, 0.15) is 28.8 Å². The predicted octanol–water partition coefficient (Wildman–Crippen LogP) is 2.59. The van der Waals surface area contributed by atoms with Gasteiger partial charge in [0.25, 0.3) is 5.56 Å². The van der Waals surface area contributed by atoms with Crippen molar-refractivity contribution in [3.8, 4) is 17.0 Å². The van der Waals surface area contributed by atoms with E-state index in [-0.39, 0.29) is 17.0 Å². The number of benzene rings is 1. The Hall–Kier alpha value is -2.01. The average Bonchev–Trinajstić information content (AvgIpc) is 2.71. The summed E-state index contributed by atoms with van der Waals surface area (Å²) in [4.78, 5) is 23.9. The summed E-state index contributed by atoms with van der Waals surface area (Å²) in [6, 6.07) is 3.35. The quantitative estimate of drug-likeness (QED) is 0.867. The van der Waals surface area contributed by atoms with Crippen molar-refractivity contribution >= 4 is 17.9 Å². The molecule has 0 fully saturated rings. The Balaban J connectivity index is 2.35. The van der Waals surface area contributed by atoms with Crippen LogP contribution in [0, 0.1) is 6.92 Å². The Morgan fingerprint density at radius 2 is 1.86 bits per heavy atom. The molecule has 1 N–H and O–H groups in total. The Bertz CT molecular complexity index is 789. The molecule has 0 atom stereocenters. The molecular weight excluding hydrogens is 292 g/mol. The van der Waals surface area contributed by atoms with Gasteiger partial charge in [-0.25, -0.2) is 4.68 Å². The fourth-order valence-electron chi connectivity index (χ4n) is 2.89. The second-order valence-corrected chi connectivity index (χ2v) is 5.69. The first-order valence-corrected chi connectivity index (χ1v) is 7.20. The molecule has 0 amide bonds. The van der Waals surface area contributed by atoms with Crippen LogP contribution in [-0.2, 0) is 13.1 Å². The molecule has 0 bridgehead atoms. The molecule has 1 aliphatic rings. The van der Waals surface area contributed by atoms with Crippen LogP contribution >= 0.6 is 11.6 Å².